The molecule has 1 atom stereocenters. The molecule has 4 nitrogen and oxygen atoms in total. The van der Waals surface area contributed by atoms with E-state index in [4.69, 9.17) is 5.11 Å². The highest BCUT2D eigenvalue weighted by Gasteiger charge is 2.24. The third-order valence-corrected chi connectivity index (χ3v) is 3.12. The zero-order valence-electron chi connectivity index (χ0n) is 10.3. The van der Waals surface area contributed by atoms with Crippen molar-refractivity contribution < 1.29 is 14.7 Å². The summed E-state index contributed by atoms with van der Waals surface area (Å²) in [7, 11) is 0. The van der Waals surface area contributed by atoms with Crippen LogP contribution in [-0.4, -0.2) is 23.0 Å². The fraction of sp³-hybridized carbons (Fsp3) is 0.429. The Hall–Kier alpha value is -1.84. The molecule has 2 N–H and O–H groups in total. The zero-order valence-corrected chi connectivity index (χ0v) is 10.3. The molecule has 18 heavy (non-hydrogen) atoms. The second-order valence-corrected chi connectivity index (χ2v) is 4.81. The average Bonchev–Trinajstić information content (AvgIpc) is 3.11. The molecule has 0 spiro atoms. The Balaban J connectivity index is 2.07. The number of nitrogens with one attached hydrogen (secondary N) is 1. The Bertz CT molecular complexity index is 466. The van der Waals surface area contributed by atoms with Gasteiger partial charge in [0.2, 0.25) is 5.91 Å². The molecule has 0 radical (unpaired) electrons. The summed E-state index contributed by atoms with van der Waals surface area (Å²) in [6.45, 7) is 1.33. The summed E-state index contributed by atoms with van der Waals surface area (Å²) < 4.78 is 0. The number of rotatable bonds is 5. The van der Waals surface area contributed by atoms with Gasteiger partial charge < -0.3 is 10.4 Å². The highest BCUT2D eigenvalue weighted by molar-refractivity contribution is 5.82. The van der Waals surface area contributed by atoms with E-state index in [0.717, 1.165) is 5.56 Å². The van der Waals surface area contributed by atoms with Gasteiger partial charge in [-0.15, -0.1) is 0 Å². The SMILES string of the molecule is CC(=O)NC(Cc1cccc(C2CC2)c1)C(=O)O. The summed E-state index contributed by atoms with van der Waals surface area (Å²) in [5.74, 6) is -0.670. The van der Waals surface area contributed by atoms with Crippen molar-refractivity contribution in [3.63, 3.8) is 0 Å². The molecule has 0 heterocycles. The van der Waals surface area contributed by atoms with E-state index in [1.54, 1.807) is 0 Å². The van der Waals surface area contributed by atoms with Gasteiger partial charge in [0, 0.05) is 13.3 Å². The van der Waals surface area contributed by atoms with Crippen LogP contribution in [0.3, 0.4) is 0 Å². The van der Waals surface area contributed by atoms with E-state index in [-0.39, 0.29) is 5.91 Å². The van der Waals surface area contributed by atoms with Crippen LogP contribution in [-0.2, 0) is 16.0 Å². The van der Waals surface area contributed by atoms with Crippen LogP contribution < -0.4 is 5.32 Å². The van der Waals surface area contributed by atoms with Crippen LogP contribution in [0.4, 0.5) is 0 Å². The molecule has 4 heteroatoms. The van der Waals surface area contributed by atoms with Gasteiger partial charge in [0.05, 0.1) is 0 Å². The predicted molar refractivity (Wildman–Crippen MR) is 67.4 cm³/mol. The second kappa shape index (κ2) is 5.21. The molecule has 0 saturated heterocycles. The number of carboxylic acids is 1. The molecule has 96 valence electrons. The molecule has 1 aliphatic rings. The fourth-order valence-electron chi connectivity index (χ4n) is 2.07. The third kappa shape index (κ3) is 3.32. The molecule has 1 aliphatic carbocycles. The van der Waals surface area contributed by atoms with Gasteiger partial charge in [0.15, 0.2) is 0 Å². The van der Waals surface area contributed by atoms with E-state index < -0.39 is 12.0 Å². The van der Waals surface area contributed by atoms with Crippen molar-refractivity contribution in [2.75, 3.05) is 0 Å². The smallest absolute Gasteiger partial charge is 0.326 e. The topological polar surface area (TPSA) is 66.4 Å². The standard InChI is InChI=1S/C14H17NO3/c1-9(16)15-13(14(17)18)8-10-3-2-4-12(7-10)11-5-6-11/h2-4,7,11,13H,5-6,8H2,1H3,(H,15,16)(H,17,18). The largest absolute Gasteiger partial charge is 0.480 e. The Labute approximate surface area is 106 Å². The van der Waals surface area contributed by atoms with Crippen molar-refractivity contribution in [2.45, 2.75) is 38.1 Å². The van der Waals surface area contributed by atoms with Crippen LogP contribution in [0, 0.1) is 0 Å². The van der Waals surface area contributed by atoms with Crippen LogP contribution in [0.1, 0.15) is 36.8 Å². The third-order valence-electron chi connectivity index (χ3n) is 3.12. The Kier molecular flexibility index (Phi) is 3.65. The minimum atomic E-state index is -0.998. The molecule has 1 fully saturated rings. The van der Waals surface area contributed by atoms with Crippen molar-refractivity contribution >= 4 is 11.9 Å². The molecule has 1 amide bonds. The van der Waals surface area contributed by atoms with Gasteiger partial charge in [-0.2, -0.15) is 0 Å². The van der Waals surface area contributed by atoms with Crippen molar-refractivity contribution in [1.29, 1.82) is 0 Å². The number of amides is 1. The number of carbonyl (C=O) groups excluding carboxylic acids is 1. The highest BCUT2D eigenvalue weighted by Crippen LogP contribution is 2.40. The summed E-state index contributed by atoms with van der Waals surface area (Å²) in [5.41, 5.74) is 2.24. The lowest BCUT2D eigenvalue weighted by atomic mass is 10.0. The van der Waals surface area contributed by atoms with E-state index in [1.807, 2.05) is 12.1 Å². The summed E-state index contributed by atoms with van der Waals surface area (Å²) in [5, 5.41) is 11.5. The molecule has 1 saturated carbocycles. The maximum atomic E-state index is 11.1. The van der Waals surface area contributed by atoms with Gasteiger partial charge >= 0.3 is 5.97 Å². The first-order chi connectivity index (χ1) is 8.56. The van der Waals surface area contributed by atoms with Crippen molar-refractivity contribution in [3.05, 3.63) is 35.4 Å². The van der Waals surface area contributed by atoms with Gasteiger partial charge in [-0.3, -0.25) is 4.79 Å². The number of carboxylic acid groups (broad SMARTS) is 1. The van der Waals surface area contributed by atoms with Gasteiger partial charge in [-0.05, 0) is 29.9 Å². The minimum Gasteiger partial charge on any atom is -0.480 e. The molecule has 0 aromatic heterocycles. The van der Waals surface area contributed by atoms with Gasteiger partial charge in [-0.1, -0.05) is 24.3 Å². The number of hydrogen-bond acceptors (Lipinski definition) is 2. The predicted octanol–water partition coefficient (Wildman–Crippen LogP) is 1.70. The quantitative estimate of drug-likeness (QED) is 0.832. The molecule has 1 unspecified atom stereocenters. The van der Waals surface area contributed by atoms with Crippen LogP contribution in [0.15, 0.2) is 24.3 Å². The fourth-order valence-corrected chi connectivity index (χ4v) is 2.07. The van der Waals surface area contributed by atoms with E-state index in [9.17, 15) is 9.59 Å². The van der Waals surface area contributed by atoms with Crippen LogP contribution in [0.5, 0.6) is 0 Å². The minimum absolute atomic E-state index is 0.319. The van der Waals surface area contributed by atoms with Gasteiger partial charge in [0.25, 0.3) is 0 Å². The maximum absolute atomic E-state index is 11.1. The second-order valence-electron chi connectivity index (χ2n) is 4.81. The maximum Gasteiger partial charge on any atom is 0.326 e. The lowest BCUT2D eigenvalue weighted by molar-refractivity contribution is -0.141. The summed E-state index contributed by atoms with van der Waals surface area (Å²) in [6.07, 6.45) is 2.77. The summed E-state index contributed by atoms with van der Waals surface area (Å²) in [4.78, 5) is 22.0. The monoisotopic (exact) mass is 247 g/mol. The molecular weight excluding hydrogens is 230 g/mol. The van der Waals surface area contributed by atoms with Crippen molar-refractivity contribution in [3.8, 4) is 0 Å². The van der Waals surface area contributed by atoms with Crippen molar-refractivity contribution in [1.82, 2.24) is 5.32 Å². The Morgan fingerprint density at radius 1 is 1.44 bits per heavy atom. The van der Waals surface area contributed by atoms with Crippen LogP contribution >= 0.6 is 0 Å². The van der Waals surface area contributed by atoms with Gasteiger partial charge in [0.1, 0.15) is 6.04 Å². The molecule has 0 bridgehead atoms. The first kappa shape index (κ1) is 12.6. The average molecular weight is 247 g/mol. The normalized spacial score (nSPS) is 16.1. The molecule has 1 aromatic carbocycles. The molecule has 2 rings (SSSR count). The number of carbonyl (C=O) groups is 2. The van der Waals surface area contributed by atoms with Gasteiger partial charge in [-0.25, -0.2) is 4.79 Å². The number of benzene rings is 1. The summed E-state index contributed by atoms with van der Waals surface area (Å²) >= 11 is 0. The number of aliphatic carboxylic acids is 1. The number of hydrogen-bond donors (Lipinski definition) is 2. The first-order valence-electron chi connectivity index (χ1n) is 6.15. The Morgan fingerprint density at radius 2 is 2.17 bits per heavy atom. The molecule has 0 aliphatic heterocycles. The molecular formula is C14H17NO3. The van der Waals surface area contributed by atoms with E-state index >= 15 is 0 Å². The van der Waals surface area contributed by atoms with E-state index in [1.165, 1.54) is 25.3 Å². The lowest BCUT2D eigenvalue weighted by Crippen LogP contribution is -2.41. The zero-order chi connectivity index (χ0) is 13.1. The van der Waals surface area contributed by atoms with Crippen LogP contribution in [0.25, 0.3) is 0 Å². The van der Waals surface area contributed by atoms with Crippen molar-refractivity contribution in [2.24, 2.45) is 0 Å². The van der Waals surface area contributed by atoms with E-state index in [0.29, 0.717) is 12.3 Å². The van der Waals surface area contributed by atoms with E-state index in [2.05, 4.69) is 17.4 Å². The Morgan fingerprint density at radius 3 is 2.72 bits per heavy atom. The lowest BCUT2D eigenvalue weighted by Gasteiger charge is -2.13. The molecule has 1 aromatic rings. The summed E-state index contributed by atoms with van der Waals surface area (Å²) in [6, 6.07) is 7.14. The van der Waals surface area contributed by atoms with Crippen LogP contribution in [0.2, 0.25) is 0 Å². The highest BCUT2D eigenvalue weighted by atomic mass is 16.4. The first-order valence-corrected chi connectivity index (χ1v) is 6.15.